The van der Waals surface area contributed by atoms with E-state index in [2.05, 4.69) is 5.43 Å². The highest BCUT2D eigenvalue weighted by Crippen LogP contribution is 2.17. The van der Waals surface area contributed by atoms with E-state index in [1.807, 2.05) is 0 Å². The lowest BCUT2D eigenvalue weighted by atomic mass is 9.99. The van der Waals surface area contributed by atoms with Crippen LogP contribution in [-0.4, -0.2) is 50.3 Å². The number of ether oxygens (including phenoxy) is 2. The molecule has 0 saturated carbocycles. The van der Waals surface area contributed by atoms with Gasteiger partial charge in [-0.15, -0.1) is 0 Å². The second-order valence-electron chi connectivity index (χ2n) is 5.15. The van der Waals surface area contributed by atoms with E-state index in [9.17, 15) is 9.59 Å². The number of carbonyl (C=O) groups is 2. The molecule has 0 spiro atoms. The van der Waals surface area contributed by atoms with Crippen LogP contribution in [0.25, 0.3) is 0 Å². The van der Waals surface area contributed by atoms with Gasteiger partial charge in [-0.05, 0) is 25.7 Å². The summed E-state index contributed by atoms with van der Waals surface area (Å²) < 4.78 is 10.5. The molecule has 2 rings (SSSR count). The zero-order chi connectivity index (χ0) is 13.7. The first-order chi connectivity index (χ1) is 9.18. The Morgan fingerprint density at radius 2 is 1.42 bits per heavy atom. The van der Waals surface area contributed by atoms with Gasteiger partial charge in [0.25, 0.3) is 0 Å². The predicted molar refractivity (Wildman–Crippen MR) is 68.0 cm³/mol. The molecule has 2 aliphatic heterocycles. The fourth-order valence-corrected chi connectivity index (χ4v) is 2.49. The lowest BCUT2D eigenvalue weighted by Gasteiger charge is -2.29. The van der Waals surface area contributed by atoms with Crippen LogP contribution in [0, 0.1) is 11.8 Å². The topological polar surface area (TPSA) is 67.9 Å². The molecule has 2 amide bonds. The van der Waals surface area contributed by atoms with Crippen LogP contribution in [0.3, 0.4) is 0 Å². The largest absolute Gasteiger partial charge is 0.381 e. The number of hydrogen-bond donors (Lipinski definition) is 1. The monoisotopic (exact) mass is 270 g/mol. The fourth-order valence-electron chi connectivity index (χ4n) is 2.49. The molecule has 108 valence electrons. The first-order valence-electron chi connectivity index (χ1n) is 6.92. The number of amides is 2. The van der Waals surface area contributed by atoms with Crippen LogP contribution in [0.5, 0.6) is 0 Å². The normalized spacial score (nSPS) is 21.9. The molecule has 0 radical (unpaired) electrons. The standard InChI is InChI=1S/C13H22N2O4/c1-15(13(17)11-4-8-19-9-5-11)14-12(16)10-2-6-18-7-3-10/h10-11H,2-9H2,1H3,(H,14,16). The second kappa shape index (κ2) is 6.86. The quantitative estimate of drug-likeness (QED) is 0.734. The Bertz CT molecular complexity index is 323. The fraction of sp³-hybridized carbons (Fsp3) is 0.846. The summed E-state index contributed by atoms with van der Waals surface area (Å²) in [4.78, 5) is 24.2. The van der Waals surface area contributed by atoms with Gasteiger partial charge in [0.15, 0.2) is 0 Å². The van der Waals surface area contributed by atoms with Crippen molar-refractivity contribution in [3.63, 3.8) is 0 Å². The molecular formula is C13H22N2O4. The maximum Gasteiger partial charge on any atom is 0.243 e. The van der Waals surface area contributed by atoms with Crippen molar-refractivity contribution >= 4 is 11.8 Å². The third-order valence-corrected chi connectivity index (χ3v) is 3.77. The number of nitrogens with zero attached hydrogens (tertiary/aromatic N) is 1. The molecule has 1 N–H and O–H groups in total. The van der Waals surface area contributed by atoms with Crippen LogP contribution in [0.2, 0.25) is 0 Å². The molecule has 0 aromatic rings. The van der Waals surface area contributed by atoms with E-state index in [0.717, 1.165) is 25.7 Å². The highest BCUT2D eigenvalue weighted by molar-refractivity contribution is 5.84. The van der Waals surface area contributed by atoms with Gasteiger partial charge in [0.2, 0.25) is 11.8 Å². The lowest BCUT2D eigenvalue weighted by Crippen LogP contribution is -2.49. The number of hydrogen-bond acceptors (Lipinski definition) is 4. The minimum absolute atomic E-state index is 0.0243. The molecule has 2 heterocycles. The van der Waals surface area contributed by atoms with Crippen molar-refractivity contribution in [3.8, 4) is 0 Å². The van der Waals surface area contributed by atoms with E-state index in [1.165, 1.54) is 5.01 Å². The van der Waals surface area contributed by atoms with Gasteiger partial charge in [0, 0.05) is 45.3 Å². The molecule has 19 heavy (non-hydrogen) atoms. The molecular weight excluding hydrogens is 248 g/mol. The Morgan fingerprint density at radius 3 is 1.95 bits per heavy atom. The Hall–Kier alpha value is -1.14. The highest BCUT2D eigenvalue weighted by atomic mass is 16.5. The molecule has 0 atom stereocenters. The predicted octanol–water partition coefficient (Wildman–Crippen LogP) is 0.329. The van der Waals surface area contributed by atoms with Gasteiger partial charge in [-0.3, -0.25) is 20.0 Å². The third kappa shape index (κ3) is 3.91. The molecule has 0 bridgehead atoms. The average Bonchev–Trinajstić information content (AvgIpc) is 2.48. The lowest BCUT2D eigenvalue weighted by molar-refractivity contribution is -0.147. The Morgan fingerprint density at radius 1 is 0.947 bits per heavy atom. The van der Waals surface area contributed by atoms with Crippen LogP contribution in [0.15, 0.2) is 0 Å². The molecule has 0 aliphatic carbocycles. The third-order valence-electron chi connectivity index (χ3n) is 3.77. The van der Waals surface area contributed by atoms with Crippen LogP contribution >= 0.6 is 0 Å². The zero-order valence-electron chi connectivity index (χ0n) is 11.4. The summed E-state index contributed by atoms with van der Waals surface area (Å²) in [6.07, 6.45) is 2.92. The molecule has 0 aromatic carbocycles. The van der Waals surface area contributed by atoms with Crippen LogP contribution in [0.1, 0.15) is 25.7 Å². The average molecular weight is 270 g/mol. The summed E-state index contributed by atoms with van der Waals surface area (Å²) >= 11 is 0. The van der Waals surface area contributed by atoms with Gasteiger partial charge in [-0.2, -0.15) is 0 Å². The number of nitrogens with one attached hydrogen (secondary N) is 1. The molecule has 0 unspecified atom stereocenters. The summed E-state index contributed by atoms with van der Waals surface area (Å²) in [5, 5.41) is 1.34. The highest BCUT2D eigenvalue weighted by Gasteiger charge is 2.28. The molecule has 2 aliphatic rings. The summed E-state index contributed by atoms with van der Waals surface area (Å²) in [5.74, 6) is -0.178. The SMILES string of the molecule is CN(NC(=O)C1CCOCC1)C(=O)C1CCOCC1. The van der Waals surface area contributed by atoms with Crippen molar-refractivity contribution in [2.24, 2.45) is 11.8 Å². The van der Waals surface area contributed by atoms with Gasteiger partial charge in [-0.25, -0.2) is 0 Å². The van der Waals surface area contributed by atoms with Crippen molar-refractivity contribution in [2.45, 2.75) is 25.7 Å². The number of rotatable bonds is 2. The first-order valence-corrected chi connectivity index (χ1v) is 6.92. The van der Waals surface area contributed by atoms with Gasteiger partial charge in [0.05, 0.1) is 0 Å². The van der Waals surface area contributed by atoms with Crippen LogP contribution in [0.4, 0.5) is 0 Å². The Balaban J connectivity index is 1.80. The van der Waals surface area contributed by atoms with Crippen LogP contribution in [-0.2, 0) is 19.1 Å². The molecule has 2 saturated heterocycles. The van der Waals surface area contributed by atoms with E-state index in [4.69, 9.17) is 9.47 Å². The first kappa shape index (κ1) is 14.3. The molecule has 2 fully saturated rings. The number of carbonyl (C=O) groups excluding carboxylic acids is 2. The van der Waals surface area contributed by atoms with Crippen molar-refractivity contribution in [3.05, 3.63) is 0 Å². The summed E-state index contributed by atoms with van der Waals surface area (Å²) in [7, 11) is 1.62. The maximum atomic E-state index is 12.1. The minimum Gasteiger partial charge on any atom is -0.381 e. The minimum atomic E-state index is -0.0776. The van der Waals surface area contributed by atoms with E-state index in [1.54, 1.807) is 7.05 Å². The maximum absolute atomic E-state index is 12.1. The Labute approximate surface area is 113 Å². The van der Waals surface area contributed by atoms with Gasteiger partial charge >= 0.3 is 0 Å². The van der Waals surface area contributed by atoms with Gasteiger partial charge in [-0.1, -0.05) is 0 Å². The van der Waals surface area contributed by atoms with E-state index >= 15 is 0 Å². The van der Waals surface area contributed by atoms with E-state index in [0.29, 0.717) is 26.4 Å². The number of hydrazine groups is 1. The smallest absolute Gasteiger partial charge is 0.243 e. The summed E-state index contributed by atoms with van der Waals surface area (Å²) in [6.45, 7) is 2.49. The van der Waals surface area contributed by atoms with Gasteiger partial charge in [0.1, 0.15) is 0 Å². The molecule has 6 heteroatoms. The van der Waals surface area contributed by atoms with Crippen molar-refractivity contribution in [1.82, 2.24) is 10.4 Å². The summed E-state index contributed by atoms with van der Waals surface area (Å²) in [6, 6.07) is 0. The zero-order valence-corrected chi connectivity index (χ0v) is 11.4. The van der Waals surface area contributed by atoms with Crippen molar-refractivity contribution in [2.75, 3.05) is 33.5 Å². The van der Waals surface area contributed by atoms with E-state index in [-0.39, 0.29) is 23.7 Å². The van der Waals surface area contributed by atoms with Crippen molar-refractivity contribution < 1.29 is 19.1 Å². The Kier molecular flexibility index (Phi) is 5.15. The second-order valence-corrected chi connectivity index (χ2v) is 5.15. The summed E-state index contributed by atoms with van der Waals surface area (Å²) in [5.41, 5.74) is 2.70. The molecule has 0 aromatic heterocycles. The van der Waals surface area contributed by atoms with E-state index < -0.39 is 0 Å². The van der Waals surface area contributed by atoms with Crippen molar-refractivity contribution in [1.29, 1.82) is 0 Å². The molecule has 6 nitrogen and oxygen atoms in total. The van der Waals surface area contributed by atoms with Gasteiger partial charge < -0.3 is 9.47 Å². The van der Waals surface area contributed by atoms with Crippen LogP contribution < -0.4 is 5.43 Å².